The molecule has 1 atom stereocenters. The van der Waals surface area contributed by atoms with Crippen molar-refractivity contribution in [2.24, 2.45) is 5.73 Å². The second-order valence-corrected chi connectivity index (χ2v) is 5.30. The molecule has 0 aliphatic heterocycles. The van der Waals surface area contributed by atoms with Crippen LogP contribution in [0.1, 0.15) is 24.1 Å². The molecule has 2 aromatic carbocycles. The molecule has 0 spiro atoms. The van der Waals surface area contributed by atoms with Gasteiger partial charge in [0.1, 0.15) is 0 Å². The van der Waals surface area contributed by atoms with Gasteiger partial charge in [0, 0.05) is 11.4 Å². The monoisotopic (exact) mass is 312 g/mol. The summed E-state index contributed by atoms with van der Waals surface area (Å²) in [6.45, 7) is 3.87. The number of nitrogens with one attached hydrogen (secondary N) is 3. The third-order valence-corrected chi connectivity index (χ3v) is 3.34. The van der Waals surface area contributed by atoms with E-state index in [1.54, 1.807) is 12.1 Å². The maximum atomic E-state index is 12.0. The largest absolute Gasteiger partial charge is 0.351 e. The summed E-state index contributed by atoms with van der Waals surface area (Å²) < 4.78 is 0. The average molecular weight is 312 g/mol. The van der Waals surface area contributed by atoms with Crippen molar-refractivity contribution in [1.29, 1.82) is 0 Å². The minimum atomic E-state index is -0.610. The summed E-state index contributed by atoms with van der Waals surface area (Å²) >= 11 is 0. The molecule has 120 valence electrons. The third-order valence-electron chi connectivity index (χ3n) is 3.34. The van der Waals surface area contributed by atoms with Crippen molar-refractivity contribution >= 4 is 23.4 Å². The first-order valence-electron chi connectivity index (χ1n) is 7.24. The molecule has 0 saturated heterocycles. The third kappa shape index (κ3) is 5.03. The van der Waals surface area contributed by atoms with E-state index in [-0.39, 0.29) is 12.1 Å². The summed E-state index contributed by atoms with van der Waals surface area (Å²) in [7, 11) is 0. The zero-order valence-corrected chi connectivity index (χ0v) is 13.1. The molecule has 0 aliphatic carbocycles. The number of hydrogen-bond acceptors (Lipinski definition) is 2. The van der Waals surface area contributed by atoms with Crippen molar-refractivity contribution in [2.75, 3.05) is 10.6 Å². The van der Waals surface area contributed by atoms with E-state index < -0.39 is 6.03 Å². The summed E-state index contributed by atoms with van der Waals surface area (Å²) in [5.74, 6) is 0. The van der Waals surface area contributed by atoms with E-state index in [4.69, 9.17) is 5.73 Å². The van der Waals surface area contributed by atoms with Crippen molar-refractivity contribution in [3.8, 4) is 0 Å². The summed E-state index contributed by atoms with van der Waals surface area (Å²) in [4.78, 5) is 22.8. The van der Waals surface area contributed by atoms with Gasteiger partial charge in [-0.3, -0.25) is 0 Å². The molecule has 23 heavy (non-hydrogen) atoms. The summed E-state index contributed by atoms with van der Waals surface area (Å²) in [5, 5.41) is 8.13. The van der Waals surface area contributed by atoms with Gasteiger partial charge < -0.3 is 21.7 Å². The molecule has 5 N–H and O–H groups in total. The predicted molar refractivity (Wildman–Crippen MR) is 91.4 cm³/mol. The van der Waals surface area contributed by atoms with Gasteiger partial charge in [0.2, 0.25) is 0 Å². The number of urea groups is 2. The Labute approximate surface area is 135 Å². The molecule has 6 nitrogen and oxygen atoms in total. The summed E-state index contributed by atoms with van der Waals surface area (Å²) in [6.07, 6.45) is 0. The van der Waals surface area contributed by atoms with Gasteiger partial charge in [0.15, 0.2) is 0 Å². The number of rotatable bonds is 4. The molecule has 0 aliphatic rings. The average Bonchev–Trinajstić information content (AvgIpc) is 2.49. The van der Waals surface area contributed by atoms with Crippen molar-refractivity contribution in [3.63, 3.8) is 0 Å². The minimum Gasteiger partial charge on any atom is -0.351 e. The summed E-state index contributed by atoms with van der Waals surface area (Å²) in [6, 6.07) is 13.6. The van der Waals surface area contributed by atoms with Gasteiger partial charge in [-0.05, 0) is 43.7 Å². The first kappa shape index (κ1) is 16.4. The van der Waals surface area contributed by atoms with Crippen LogP contribution in [0.5, 0.6) is 0 Å². The number of hydrogen-bond donors (Lipinski definition) is 4. The highest BCUT2D eigenvalue weighted by Gasteiger charge is 2.09. The van der Waals surface area contributed by atoms with Crippen molar-refractivity contribution < 1.29 is 9.59 Å². The zero-order chi connectivity index (χ0) is 16.8. The van der Waals surface area contributed by atoms with E-state index in [9.17, 15) is 9.59 Å². The molecule has 6 heteroatoms. The highest BCUT2D eigenvalue weighted by atomic mass is 16.2. The van der Waals surface area contributed by atoms with Crippen molar-refractivity contribution in [3.05, 3.63) is 59.7 Å². The Hall–Kier alpha value is -3.02. The summed E-state index contributed by atoms with van der Waals surface area (Å²) in [5.41, 5.74) is 8.45. The van der Waals surface area contributed by atoms with Crippen molar-refractivity contribution in [1.82, 2.24) is 5.32 Å². The molecule has 1 unspecified atom stereocenters. The highest BCUT2D eigenvalue weighted by Crippen LogP contribution is 2.16. The van der Waals surface area contributed by atoms with Crippen LogP contribution in [0.2, 0.25) is 0 Å². The zero-order valence-electron chi connectivity index (χ0n) is 13.1. The molecule has 0 bridgehead atoms. The van der Waals surface area contributed by atoms with Crippen LogP contribution >= 0.6 is 0 Å². The SMILES string of the molecule is Cc1ccc(NC(=O)NC(C)c2ccc(NC(N)=O)cc2)cc1. The molecule has 0 aromatic heterocycles. The maximum absolute atomic E-state index is 12.0. The van der Waals surface area contributed by atoms with Gasteiger partial charge in [-0.15, -0.1) is 0 Å². The number of nitrogens with two attached hydrogens (primary N) is 1. The fourth-order valence-electron chi connectivity index (χ4n) is 2.08. The van der Waals surface area contributed by atoms with E-state index in [0.29, 0.717) is 5.69 Å². The first-order chi connectivity index (χ1) is 10.9. The van der Waals surface area contributed by atoms with E-state index >= 15 is 0 Å². The van der Waals surface area contributed by atoms with Gasteiger partial charge in [-0.25, -0.2) is 9.59 Å². The molecule has 0 saturated carbocycles. The Balaban J connectivity index is 1.92. The Morgan fingerprint density at radius 2 is 1.43 bits per heavy atom. The number of carbonyl (C=O) groups is 2. The second kappa shape index (κ2) is 7.31. The number of primary amides is 1. The Bertz CT molecular complexity index is 681. The Kier molecular flexibility index (Phi) is 5.19. The lowest BCUT2D eigenvalue weighted by Gasteiger charge is -2.15. The van der Waals surface area contributed by atoms with Crippen molar-refractivity contribution in [2.45, 2.75) is 19.9 Å². The van der Waals surface area contributed by atoms with E-state index in [1.807, 2.05) is 50.2 Å². The molecule has 0 radical (unpaired) electrons. The van der Waals surface area contributed by atoms with E-state index in [1.165, 1.54) is 0 Å². The molecule has 2 rings (SSSR count). The molecule has 0 heterocycles. The van der Waals surface area contributed by atoms with E-state index in [2.05, 4.69) is 16.0 Å². The number of carbonyl (C=O) groups excluding carboxylic acids is 2. The van der Waals surface area contributed by atoms with Crippen LogP contribution < -0.4 is 21.7 Å². The normalized spacial score (nSPS) is 11.4. The lowest BCUT2D eigenvalue weighted by Crippen LogP contribution is -2.31. The van der Waals surface area contributed by atoms with Crippen LogP contribution in [0.4, 0.5) is 21.0 Å². The number of aryl methyl sites for hydroxylation is 1. The quantitative estimate of drug-likeness (QED) is 0.696. The Morgan fingerprint density at radius 3 is 2.00 bits per heavy atom. The van der Waals surface area contributed by atoms with Crippen LogP contribution in [0.25, 0.3) is 0 Å². The lowest BCUT2D eigenvalue weighted by atomic mass is 10.1. The second-order valence-electron chi connectivity index (χ2n) is 5.30. The van der Waals surface area contributed by atoms with E-state index in [0.717, 1.165) is 16.8 Å². The van der Waals surface area contributed by atoms with Gasteiger partial charge in [-0.2, -0.15) is 0 Å². The number of benzene rings is 2. The molecular formula is C17H20N4O2. The minimum absolute atomic E-state index is 0.178. The molecular weight excluding hydrogens is 292 g/mol. The van der Waals surface area contributed by atoms with Gasteiger partial charge in [0.05, 0.1) is 6.04 Å². The lowest BCUT2D eigenvalue weighted by molar-refractivity contribution is 0.249. The maximum Gasteiger partial charge on any atom is 0.319 e. The Morgan fingerprint density at radius 1 is 0.913 bits per heavy atom. The van der Waals surface area contributed by atoms with Crippen LogP contribution in [0.15, 0.2) is 48.5 Å². The smallest absolute Gasteiger partial charge is 0.319 e. The van der Waals surface area contributed by atoms with Crippen LogP contribution in [0.3, 0.4) is 0 Å². The highest BCUT2D eigenvalue weighted by molar-refractivity contribution is 5.89. The fourth-order valence-corrected chi connectivity index (χ4v) is 2.08. The molecule has 0 fully saturated rings. The standard InChI is InChI=1S/C17H20N4O2/c1-11-3-7-15(8-4-11)21-17(23)19-12(2)13-5-9-14(10-6-13)20-16(18)22/h3-10,12H,1-2H3,(H3,18,20,22)(H2,19,21,23). The predicted octanol–water partition coefficient (Wildman–Crippen LogP) is 3.37. The van der Waals surface area contributed by atoms with Gasteiger partial charge in [0.25, 0.3) is 0 Å². The van der Waals surface area contributed by atoms with Gasteiger partial charge >= 0.3 is 12.1 Å². The van der Waals surface area contributed by atoms with Crippen LogP contribution in [0, 0.1) is 6.92 Å². The topological polar surface area (TPSA) is 96.2 Å². The fraction of sp³-hybridized carbons (Fsp3) is 0.176. The van der Waals surface area contributed by atoms with Gasteiger partial charge in [-0.1, -0.05) is 29.8 Å². The molecule has 4 amide bonds. The first-order valence-corrected chi connectivity index (χ1v) is 7.24. The number of anilines is 2. The number of amides is 4. The van der Waals surface area contributed by atoms with Crippen LogP contribution in [-0.4, -0.2) is 12.1 Å². The van der Waals surface area contributed by atoms with Crippen LogP contribution in [-0.2, 0) is 0 Å². The molecule has 2 aromatic rings.